The normalized spacial score (nSPS) is 11.0. The molecule has 0 unspecified atom stereocenters. The quantitative estimate of drug-likeness (QED) is 0.273. The molecule has 0 saturated heterocycles. The van der Waals surface area contributed by atoms with E-state index in [-0.39, 0.29) is 6.61 Å². The molecule has 0 radical (unpaired) electrons. The van der Waals surface area contributed by atoms with Crippen molar-refractivity contribution in [3.63, 3.8) is 0 Å². The average Bonchev–Trinajstić information content (AvgIpc) is 2.66. The molecule has 3 aromatic rings. The summed E-state index contributed by atoms with van der Waals surface area (Å²) in [4.78, 5) is 5.42. The topological polar surface area (TPSA) is 30.8 Å². The Balaban J connectivity index is 1.84. The van der Waals surface area contributed by atoms with Crippen molar-refractivity contribution in [3.8, 4) is 5.75 Å². The summed E-state index contributed by atoms with van der Waals surface area (Å²) in [7, 11) is 0. The maximum atomic E-state index is 6.14. The van der Waals surface area contributed by atoms with Crippen LogP contribution in [-0.4, -0.2) is 12.8 Å². The van der Waals surface area contributed by atoms with E-state index in [1.165, 1.54) is 0 Å². The summed E-state index contributed by atoms with van der Waals surface area (Å²) in [5.74, 6) is 0.715. The van der Waals surface area contributed by atoms with Crippen molar-refractivity contribution >= 4 is 40.2 Å². The van der Waals surface area contributed by atoms with Crippen LogP contribution in [0.3, 0.4) is 0 Å². The number of rotatable bonds is 7. The Morgan fingerprint density at radius 1 is 0.962 bits per heavy atom. The monoisotopic (exact) mass is 385 g/mol. The van der Waals surface area contributed by atoms with Crippen LogP contribution in [-0.2, 0) is 11.4 Å². The van der Waals surface area contributed by atoms with Crippen LogP contribution in [0.15, 0.2) is 72.4 Å². The Bertz CT molecular complexity index is 934. The minimum atomic E-state index is 0.183. The van der Waals surface area contributed by atoms with Gasteiger partial charge in [0.1, 0.15) is 19.0 Å². The van der Waals surface area contributed by atoms with Gasteiger partial charge in [0.2, 0.25) is 0 Å². The van der Waals surface area contributed by atoms with Crippen LogP contribution < -0.4 is 4.74 Å². The van der Waals surface area contributed by atoms with E-state index in [0.29, 0.717) is 28.0 Å². The maximum absolute atomic E-state index is 6.14. The molecule has 3 aromatic carbocycles. The first-order valence-electron chi connectivity index (χ1n) is 8.04. The number of benzene rings is 3. The fourth-order valence-electron chi connectivity index (χ4n) is 2.55. The second kappa shape index (κ2) is 8.75. The minimum absolute atomic E-state index is 0.183. The molecule has 0 amide bonds. The Morgan fingerprint density at radius 2 is 1.73 bits per heavy atom. The summed E-state index contributed by atoms with van der Waals surface area (Å²) < 4.78 is 5.74. The smallest absolute Gasteiger partial charge is 0.145 e. The fourth-order valence-corrected chi connectivity index (χ4v) is 3.05. The zero-order valence-electron chi connectivity index (χ0n) is 14.0. The first-order chi connectivity index (χ1) is 12.7. The Labute approximate surface area is 162 Å². The van der Waals surface area contributed by atoms with Gasteiger partial charge in [-0.2, -0.15) is 0 Å². The number of nitrogens with zero attached hydrogens (tertiary/aromatic N) is 1. The van der Waals surface area contributed by atoms with E-state index in [0.717, 1.165) is 16.3 Å². The third-order valence-electron chi connectivity index (χ3n) is 3.81. The Morgan fingerprint density at radius 3 is 2.50 bits per heavy atom. The van der Waals surface area contributed by atoms with Crippen LogP contribution >= 0.6 is 23.2 Å². The fraction of sp³-hybridized carbons (Fsp3) is 0.0952. The van der Waals surface area contributed by atoms with Crippen LogP contribution in [0.25, 0.3) is 10.8 Å². The molecule has 0 spiro atoms. The molecule has 0 aliphatic rings. The number of hydrogen-bond acceptors (Lipinski definition) is 3. The van der Waals surface area contributed by atoms with E-state index in [9.17, 15) is 0 Å². The number of hydrogen-bond donors (Lipinski definition) is 0. The summed E-state index contributed by atoms with van der Waals surface area (Å²) in [5, 5.41) is 7.30. The number of ether oxygens (including phenoxy) is 1. The van der Waals surface area contributed by atoms with Gasteiger partial charge >= 0.3 is 0 Å². The van der Waals surface area contributed by atoms with Gasteiger partial charge in [-0.3, -0.25) is 0 Å². The first-order valence-corrected chi connectivity index (χ1v) is 8.80. The highest BCUT2D eigenvalue weighted by Gasteiger charge is 2.08. The Hall–Kier alpha value is -2.49. The lowest BCUT2D eigenvalue weighted by atomic mass is 10.0. The van der Waals surface area contributed by atoms with E-state index in [1.54, 1.807) is 30.5 Å². The van der Waals surface area contributed by atoms with Gasteiger partial charge in [-0.1, -0.05) is 77.4 Å². The van der Waals surface area contributed by atoms with E-state index < -0.39 is 0 Å². The molecule has 0 N–H and O–H groups in total. The number of oxime groups is 1. The van der Waals surface area contributed by atoms with Gasteiger partial charge in [-0.15, -0.1) is 0 Å². The summed E-state index contributed by atoms with van der Waals surface area (Å²) >= 11 is 12.3. The average molecular weight is 386 g/mol. The van der Waals surface area contributed by atoms with Gasteiger partial charge < -0.3 is 9.57 Å². The van der Waals surface area contributed by atoms with Crippen molar-refractivity contribution in [2.75, 3.05) is 6.61 Å². The second-order valence-electron chi connectivity index (χ2n) is 5.51. The predicted molar refractivity (Wildman–Crippen MR) is 108 cm³/mol. The molecule has 0 bridgehead atoms. The molecule has 3 rings (SSSR count). The number of halogens is 2. The molecule has 0 atom stereocenters. The third-order valence-corrected chi connectivity index (χ3v) is 4.52. The highest BCUT2D eigenvalue weighted by atomic mass is 35.5. The van der Waals surface area contributed by atoms with Crippen LogP contribution in [0.5, 0.6) is 5.75 Å². The van der Waals surface area contributed by atoms with Crippen LogP contribution in [0, 0.1) is 0 Å². The van der Waals surface area contributed by atoms with Crippen molar-refractivity contribution in [3.05, 3.63) is 88.4 Å². The SMILES string of the molecule is C=CCOc1ccc2ccccc2c1/C=N\OCc1c(Cl)cccc1Cl. The van der Waals surface area contributed by atoms with Gasteiger partial charge in [0.15, 0.2) is 0 Å². The Kier molecular flexibility index (Phi) is 6.16. The molecule has 0 aliphatic carbocycles. The highest BCUT2D eigenvalue weighted by Crippen LogP contribution is 2.27. The van der Waals surface area contributed by atoms with E-state index >= 15 is 0 Å². The maximum Gasteiger partial charge on any atom is 0.145 e. The van der Waals surface area contributed by atoms with Gasteiger partial charge in [0.25, 0.3) is 0 Å². The summed E-state index contributed by atoms with van der Waals surface area (Å²) in [6, 6.07) is 17.3. The summed E-state index contributed by atoms with van der Waals surface area (Å²) in [6.07, 6.45) is 3.34. The van der Waals surface area contributed by atoms with Crippen LogP contribution in [0.2, 0.25) is 10.0 Å². The molecular weight excluding hydrogens is 369 g/mol. The molecular formula is C21H17Cl2NO2. The molecule has 0 fully saturated rings. The van der Waals surface area contributed by atoms with E-state index in [1.807, 2.05) is 36.4 Å². The number of fused-ring (bicyclic) bond motifs is 1. The van der Waals surface area contributed by atoms with Crippen LogP contribution in [0.1, 0.15) is 11.1 Å². The second-order valence-corrected chi connectivity index (χ2v) is 6.32. The molecule has 0 saturated carbocycles. The van der Waals surface area contributed by atoms with Crippen molar-refractivity contribution in [1.29, 1.82) is 0 Å². The van der Waals surface area contributed by atoms with Crippen molar-refractivity contribution < 1.29 is 9.57 Å². The molecule has 26 heavy (non-hydrogen) atoms. The van der Waals surface area contributed by atoms with E-state index in [4.69, 9.17) is 32.8 Å². The lowest BCUT2D eigenvalue weighted by molar-refractivity contribution is 0.132. The zero-order chi connectivity index (χ0) is 18.4. The summed E-state index contributed by atoms with van der Waals surface area (Å²) in [6.45, 7) is 4.28. The van der Waals surface area contributed by atoms with Crippen molar-refractivity contribution in [2.24, 2.45) is 5.16 Å². The van der Waals surface area contributed by atoms with Crippen molar-refractivity contribution in [2.45, 2.75) is 6.61 Å². The molecule has 0 aromatic heterocycles. The van der Waals surface area contributed by atoms with Gasteiger partial charge in [-0.05, 0) is 29.0 Å². The zero-order valence-corrected chi connectivity index (χ0v) is 15.5. The molecule has 3 nitrogen and oxygen atoms in total. The van der Waals surface area contributed by atoms with Gasteiger partial charge in [0, 0.05) is 21.2 Å². The third kappa shape index (κ3) is 4.18. The van der Waals surface area contributed by atoms with E-state index in [2.05, 4.69) is 11.7 Å². The lowest BCUT2D eigenvalue weighted by Gasteiger charge is -2.10. The highest BCUT2D eigenvalue weighted by molar-refractivity contribution is 6.35. The largest absolute Gasteiger partial charge is 0.489 e. The molecule has 0 aliphatic heterocycles. The van der Waals surface area contributed by atoms with Gasteiger partial charge in [0.05, 0.1) is 6.21 Å². The first kappa shape index (κ1) is 18.3. The molecule has 0 heterocycles. The minimum Gasteiger partial charge on any atom is -0.489 e. The van der Waals surface area contributed by atoms with Crippen LogP contribution in [0.4, 0.5) is 0 Å². The predicted octanol–water partition coefficient (Wildman–Crippen LogP) is 6.26. The molecule has 132 valence electrons. The molecule has 5 heteroatoms. The summed E-state index contributed by atoms with van der Waals surface area (Å²) in [5.41, 5.74) is 1.55. The van der Waals surface area contributed by atoms with Gasteiger partial charge in [-0.25, -0.2) is 0 Å². The standard InChI is InChI=1S/C21H17Cl2NO2/c1-2-12-25-21-11-10-15-6-3-4-7-16(15)17(21)13-24-26-14-18-19(22)8-5-9-20(18)23/h2-11,13H,1,12,14H2/b24-13-. The lowest BCUT2D eigenvalue weighted by Crippen LogP contribution is -1.98. The van der Waals surface area contributed by atoms with Crippen molar-refractivity contribution in [1.82, 2.24) is 0 Å².